The van der Waals surface area contributed by atoms with E-state index < -0.39 is 0 Å². The number of anilines is 2. The molecule has 0 saturated heterocycles. The van der Waals surface area contributed by atoms with Crippen LogP contribution in [-0.2, 0) is 0 Å². The van der Waals surface area contributed by atoms with Gasteiger partial charge < -0.3 is 11.1 Å². The highest BCUT2D eigenvalue weighted by Gasteiger charge is 2.21. The molecule has 4 heteroatoms. The summed E-state index contributed by atoms with van der Waals surface area (Å²) in [5.74, 6) is 1.80. The molecule has 3 N–H and O–H groups in total. The van der Waals surface area contributed by atoms with Crippen molar-refractivity contribution < 1.29 is 0 Å². The molecule has 0 bridgehead atoms. The van der Waals surface area contributed by atoms with Gasteiger partial charge in [0.15, 0.2) is 0 Å². The van der Waals surface area contributed by atoms with Crippen molar-refractivity contribution in [2.75, 3.05) is 11.1 Å². The predicted octanol–water partition coefficient (Wildman–Crippen LogP) is 4.12. The maximum absolute atomic E-state index is 5.85. The Morgan fingerprint density at radius 1 is 1.50 bits per heavy atom. The second-order valence-electron chi connectivity index (χ2n) is 5.28. The average Bonchev–Trinajstić information content (AvgIpc) is 2.40. The maximum Gasteiger partial charge on any atom is 0.140 e. The first kappa shape index (κ1) is 13.7. The van der Waals surface area contributed by atoms with E-state index in [-0.39, 0.29) is 0 Å². The smallest absolute Gasteiger partial charge is 0.140 e. The second kappa shape index (κ2) is 5.91. The zero-order valence-corrected chi connectivity index (χ0v) is 12.8. The normalized spacial score (nSPS) is 23.9. The number of pyridine rings is 1. The summed E-state index contributed by atoms with van der Waals surface area (Å²) in [5.41, 5.74) is 7.65. The van der Waals surface area contributed by atoms with Crippen LogP contribution in [0, 0.1) is 12.8 Å². The summed E-state index contributed by atoms with van der Waals surface area (Å²) < 4.78 is 1.00. The Bertz CT molecular complexity index is 420. The number of hydrogen-bond donors (Lipinski definition) is 2. The summed E-state index contributed by atoms with van der Waals surface area (Å²) in [6.45, 7) is 4.30. The first-order chi connectivity index (χ1) is 8.61. The van der Waals surface area contributed by atoms with Crippen LogP contribution in [0.25, 0.3) is 0 Å². The molecule has 0 aliphatic heterocycles. The Labute approximate surface area is 118 Å². The minimum atomic E-state index is 0.551. The van der Waals surface area contributed by atoms with E-state index in [1.54, 1.807) is 6.20 Å². The van der Waals surface area contributed by atoms with Crippen molar-refractivity contribution in [2.24, 2.45) is 5.92 Å². The largest absolute Gasteiger partial charge is 0.397 e. The molecule has 1 heterocycles. The highest BCUT2D eigenvalue weighted by molar-refractivity contribution is 9.10. The Morgan fingerprint density at radius 2 is 2.28 bits per heavy atom. The summed E-state index contributed by atoms with van der Waals surface area (Å²) in [4.78, 5) is 4.40. The molecule has 0 radical (unpaired) electrons. The summed E-state index contributed by atoms with van der Waals surface area (Å²) in [5, 5.41) is 3.57. The number of nitrogens with two attached hydrogens (primary N) is 1. The van der Waals surface area contributed by atoms with Crippen molar-refractivity contribution >= 4 is 27.4 Å². The minimum Gasteiger partial charge on any atom is -0.397 e. The van der Waals surface area contributed by atoms with Gasteiger partial charge >= 0.3 is 0 Å². The molecule has 1 aliphatic rings. The molecule has 1 aromatic rings. The quantitative estimate of drug-likeness (QED) is 0.883. The van der Waals surface area contributed by atoms with Gasteiger partial charge in [0.25, 0.3) is 0 Å². The van der Waals surface area contributed by atoms with Crippen LogP contribution in [-0.4, -0.2) is 11.0 Å². The number of nitrogen functional groups attached to an aromatic ring is 1. The fraction of sp³-hybridized carbons (Fsp3) is 0.643. The van der Waals surface area contributed by atoms with E-state index in [1.165, 1.54) is 32.1 Å². The molecule has 100 valence electrons. The molecular formula is C14H22BrN3. The van der Waals surface area contributed by atoms with E-state index in [1.807, 2.05) is 6.92 Å². The van der Waals surface area contributed by atoms with Gasteiger partial charge in [0.1, 0.15) is 5.82 Å². The molecule has 1 saturated carbocycles. The van der Waals surface area contributed by atoms with E-state index >= 15 is 0 Å². The molecular weight excluding hydrogens is 290 g/mol. The Morgan fingerprint density at radius 3 is 3.00 bits per heavy atom. The van der Waals surface area contributed by atoms with Gasteiger partial charge in [-0.2, -0.15) is 0 Å². The van der Waals surface area contributed by atoms with Crippen molar-refractivity contribution in [1.82, 2.24) is 4.98 Å². The summed E-state index contributed by atoms with van der Waals surface area (Å²) >= 11 is 3.59. The van der Waals surface area contributed by atoms with Gasteiger partial charge in [0, 0.05) is 6.04 Å². The van der Waals surface area contributed by atoms with Crippen molar-refractivity contribution in [1.29, 1.82) is 0 Å². The Balaban J connectivity index is 2.07. The van der Waals surface area contributed by atoms with E-state index in [0.717, 1.165) is 27.5 Å². The van der Waals surface area contributed by atoms with E-state index in [2.05, 4.69) is 33.2 Å². The van der Waals surface area contributed by atoms with Crippen LogP contribution in [0.5, 0.6) is 0 Å². The Kier molecular flexibility index (Phi) is 4.49. The minimum absolute atomic E-state index is 0.551. The molecule has 2 unspecified atom stereocenters. The van der Waals surface area contributed by atoms with Gasteiger partial charge in [-0.05, 0) is 47.2 Å². The molecule has 2 atom stereocenters. The number of nitrogens with one attached hydrogen (secondary N) is 1. The van der Waals surface area contributed by atoms with Gasteiger partial charge in [-0.15, -0.1) is 0 Å². The van der Waals surface area contributed by atoms with Crippen LogP contribution in [0.15, 0.2) is 10.7 Å². The molecule has 1 aromatic heterocycles. The van der Waals surface area contributed by atoms with Crippen molar-refractivity contribution in [3.63, 3.8) is 0 Å². The zero-order chi connectivity index (χ0) is 13.1. The lowest BCUT2D eigenvalue weighted by molar-refractivity contribution is 0.327. The number of halogens is 1. The lowest BCUT2D eigenvalue weighted by Crippen LogP contribution is -2.27. The lowest BCUT2D eigenvalue weighted by atomic mass is 9.84. The monoisotopic (exact) mass is 311 g/mol. The molecule has 1 fully saturated rings. The zero-order valence-electron chi connectivity index (χ0n) is 11.2. The van der Waals surface area contributed by atoms with Crippen LogP contribution >= 0.6 is 15.9 Å². The Hall–Kier alpha value is -0.770. The van der Waals surface area contributed by atoms with E-state index in [4.69, 9.17) is 5.73 Å². The van der Waals surface area contributed by atoms with Crippen molar-refractivity contribution in [3.05, 3.63) is 16.2 Å². The highest BCUT2D eigenvalue weighted by atomic mass is 79.9. The highest BCUT2D eigenvalue weighted by Crippen LogP contribution is 2.32. The fourth-order valence-electron chi connectivity index (χ4n) is 2.68. The predicted molar refractivity (Wildman–Crippen MR) is 80.7 cm³/mol. The van der Waals surface area contributed by atoms with Gasteiger partial charge in [0.2, 0.25) is 0 Å². The standard InChI is InChI=1S/C14H22BrN3/c1-3-10-5-4-6-11(7-10)18-14-13(15)9(2)12(16)8-17-14/h8,10-11H,3-7,16H2,1-2H3,(H,17,18). The van der Waals surface area contributed by atoms with Crippen LogP contribution in [0.1, 0.15) is 44.6 Å². The van der Waals surface area contributed by atoms with Crippen molar-refractivity contribution in [3.8, 4) is 0 Å². The van der Waals surface area contributed by atoms with Crippen LogP contribution in [0.4, 0.5) is 11.5 Å². The van der Waals surface area contributed by atoms with Gasteiger partial charge in [-0.25, -0.2) is 4.98 Å². The third kappa shape index (κ3) is 2.97. The van der Waals surface area contributed by atoms with Gasteiger partial charge in [-0.1, -0.05) is 26.2 Å². The summed E-state index contributed by atoms with van der Waals surface area (Å²) in [6, 6.07) is 0.551. The molecule has 1 aliphatic carbocycles. The SMILES string of the molecule is CCC1CCCC(Nc2ncc(N)c(C)c2Br)C1. The second-order valence-corrected chi connectivity index (χ2v) is 6.08. The molecule has 0 spiro atoms. The number of aromatic nitrogens is 1. The first-order valence-corrected chi connectivity index (χ1v) is 7.58. The van der Waals surface area contributed by atoms with Gasteiger partial charge in [-0.3, -0.25) is 0 Å². The van der Waals surface area contributed by atoms with Crippen LogP contribution in [0.2, 0.25) is 0 Å². The number of rotatable bonds is 3. The van der Waals surface area contributed by atoms with E-state index in [9.17, 15) is 0 Å². The van der Waals surface area contributed by atoms with Crippen LogP contribution < -0.4 is 11.1 Å². The fourth-order valence-corrected chi connectivity index (χ4v) is 3.12. The molecule has 0 aromatic carbocycles. The average molecular weight is 312 g/mol. The van der Waals surface area contributed by atoms with Crippen molar-refractivity contribution in [2.45, 2.75) is 52.0 Å². The number of hydrogen-bond acceptors (Lipinski definition) is 3. The van der Waals surface area contributed by atoms with E-state index in [0.29, 0.717) is 6.04 Å². The summed E-state index contributed by atoms with van der Waals surface area (Å²) in [6.07, 6.45) is 8.23. The molecule has 2 rings (SSSR count). The molecule has 3 nitrogen and oxygen atoms in total. The van der Waals surface area contributed by atoms with Crippen LogP contribution in [0.3, 0.4) is 0 Å². The molecule has 18 heavy (non-hydrogen) atoms. The van der Waals surface area contributed by atoms with Gasteiger partial charge in [0.05, 0.1) is 16.4 Å². The maximum atomic E-state index is 5.85. The third-order valence-electron chi connectivity index (χ3n) is 4.00. The first-order valence-electron chi connectivity index (χ1n) is 6.79. The third-order valence-corrected chi connectivity index (χ3v) is 4.97. The lowest BCUT2D eigenvalue weighted by Gasteiger charge is -2.29. The molecule has 0 amide bonds. The topological polar surface area (TPSA) is 50.9 Å². The summed E-state index contributed by atoms with van der Waals surface area (Å²) in [7, 11) is 0. The number of nitrogens with zero attached hydrogens (tertiary/aromatic N) is 1.